The number of benzene rings is 2. The first kappa shape index (κ1) is 22.8. The van der Waals surface area contributed by atoms with E-state index >= 15 is 0 Å². The van der Waals surface area contributed by atoms with E-state index in [-0.39, 0.29) is 17.9 Å². The van der Waals surface area contributed by atoms with E-state index in [9.17, 15) is 14.7 Å². The van der Waals surface area contributed by atoms with Gasteiger partial charge in [-0.05, 0) is 56.2 Å². The van der Waals surface area contributed by atoms with Gasteiger partial charge in [-0.3, -0.25) is 4.79 Å². The molecule has 0 aromatic heterocycles. The molecule has 5 nitrogen and oxygen atoms in total. The number of hydrogen-bond donors (Lipinski definition) is 1. The first-order valence-electron chi connectivity index (χ1n) is 10.00. The lowest BCUT2D eigenvalue weighted by Gasteiger charge is -2.25. The van der Waals surface area contributed by atoms with E-state index in [2.05, 4.69) is 43.0 Å². The number of ketones is 1. The van der Waals surface area contributed by atoms with Crippen LogP contribution in [-0.2, 0) is 4.79 Å². The van der Waals surface area contributed by atoms with Gasteiger partial charge >= 0.3 is 5.97 Å². The van der Waals surface area contributed by atoms with Crippen LogP contribution in [0.4, 0.5) is 11.4 Å². The molecule has 0 unspecified atom stereocenters. The minimum atomic E-state index is -0.970. The van der Waals surface area contributed by atoms with Crippen molar-refractivity contribution in [1.29, 1.82) is 0 Å². The number of aromatic carboxylic acids is 1. The van der Waals surface area contributed by atoms with Crippen LogP contribution in [0.1, 0.15) is 44.0 Å². The summed E-state index contributed by atoms with van der Waals surface area (Å²) in [5.74, 6) is -0.368. The molecular formula is C23H30N2O3S. The maximum absolute atomic E-state index is 11.8. The van der Waals surface area contributed by atoms with Crippen LogP contribution >= 0.6 is 11.8 Å². The molecule has 0 aliphatic rings. The van der Waals surface area contributed by atoms with E-state index in [0.717, 1.165) is 36.5 Å². The number of carbonyl (C=O) groups is 2. The van der Waals surface area contributed by atoms with Gasteiger partial charge in [0.15, 0.2) is 0 Å². The maximum Gasteiger partial charge on any atom is 0.335 e. The Labute approximate surface area is 177 Å². The first-order chi connectivity index (χ1) is 13.9. The highest BCUT2D eigenvalue weighted by Crippen LogP contribution is 2.27. The quantitative estimate of drug-likeness (QED) is 0.382. The molecule has 1 N–H and O–H groups in total. The molecule has 2 rings (SSSR count). The molecule has 0 saturated heterocycles. The lowest BCUT2D eigenvalue weighted by atomic mass is 10.2. The fourth-order valence-corrected chi connectivity index (χ4v) is 4.07. The third-order valence-electron chi connectivity index (χ3n) is 4.43. The molecule has 0 saturated carbocycles. The molecule has 0 amide bonds. The van der Waals surface area contributed by atoms with Crippen LogP contribution in [0.2, 0.25) is 0 Å². The fraction of sp³-hybridized carbons (Fsp3) is 0.391. The van der Waals surface area contributed by atoms with Crippen LogP contribution < -0.4 is 9.80 Å². The molecule has 6 heteroatoms. The van der Waals surface area contributed by atoms with Gasteiger partial charge in [-0.2, -0.15) is 0 Å². The molecule has 0 heterocycles. The number of rotatable bonds is 12. The monoisotopic (exact) mass is 414 g/mol. The van der Waals surface area contributed by atoms with Gasteiger partial charge in [0.05, 0.1) is 18.0 Å². The van der Waals surface area contributed by atoms with Crippen molar-refractivity contribution in [3.8, 4) is 0 Å². The molecule has 0 radical (unpaired) electrons. The summed E-state index contributed by atoms with van der Waals surface area (Å²) < 4.78 is 0. The zero-order valence-electron chi connectivity index (χ0n) is 17.4. The molecule has 0 atom stereocenters. The van der Waals surface area contributed by atoms with Crippen LogP contribution in [0.15, 0.2) is 53.4 Å². The van der Waals surface area contributed by atoms with Crippen molar-refractivity contribution in [1.82, 2.24) is 0 Å². The molecule has 0 aliphatic heterocycles. The van der Waals surface area contributed by atoms with E-state index in [4.69, 9.17) is 0 Å². The summed E-state index contributed by atoms with van der Waals surface area (Å²) >= 11 is 1.65. The second-order valence-corrected chi connectivity index (χ2v) is 8.03. The highest BCUT2D eigenvalue weighted by atomic mass is 32.2. The Morgan fingerprint density at radius 3 is 2.14 bits per heavy atom. The lowest BCUT2D eigenvalue weighted by Crippen LogP contribution is -2.28. The Balaban J connectivity index is 2.17. The number of carboxylic acids is 1. The second kappa shape index (κ2) is 11.5. The Hall–Kier alpha value is -2.47. The average Bonchev–Trinajstić information content (AvgIpc) is 2.71. The Bertz CT molecular complexity index is 819. The lowest BCUT2D eigenvalue weighted by molar-refractivity contribution is -0.115. The summed E-state index contributed by atoms with van der Waals surface area (Å²) in [6.07, 6.45) is 2.20. The molecule has 0 spiro atoms. The van der Waals surface area contributed by atoms with Gasteiger partial charge in [0, 0.05) is 29.4 Å². The molecule has 0 fully saturated rings. The third kappa shape index (κ3) is 7.13. The van der Waals surface area contributed by atoms with Crippen molar-refractivity contribution >= 4 is 34.9 Å². The Morgan fingerprint density at radius 2 is 1.55 bits per heavy atom. The molecule has 29 heavy (non-hydrogen) atoms. The van der Waals surface area contributed by atoms with Crippen LogP contribution in [0.25, 0.3) is 0 Å². The number of thioether (sulfide) groups is 1. The maximum atomic E-state index is 11.8. The normalized spacial score (nSPS) is 10.6. The van der Waals surface area contributed by atoms with Crippen molar-refractivity contribution in [2.45, 2.75) is 38.5 Å². The number of anilines is 2. The molecular weight excluding hydrogens is 384 g/mol. The van der Waals surface area contributed by atoms with E-state index in [0.29, 0.717) is 5.88 Å². The molecule has 2 aromatic carbocycles. The van der Waals surface area contributed by atoms with Crippen molar-refractivity contribution in [2.75, 3.05) is 35.3 Å². The summed E-state index contributed by atoms with van der Waals surface area (Å²) in [5.41, 5.74) is 2.17. The number of carboxylic acid groups (broad SMARTS) is 1. The summed E-state index contributed by atoms with van der Waals surface area (Å²) in [4.78, 5) is 28.5. The standard InChI is InChI=1S/C23H30N2O3S/c1-4-12-24(13-5-2)21-10-7-11-22(15-21)29-17-25(16-18(3)26)20-9-6-8-19(14-20)23(27)28/h6-11,14-15H,4-5,12-13,16-17H2,1-3H3,(H,27,28). The van der Waals surface area contributed by atoms with Gasteiger partial charge < -0.3 is 14.9 Å². The number of Topliss-reactive ketones (excluding diaryl/α,β-unsaturated/α-hetero) is 1. The minimum absolute atomic E-state index is 0.0390. The average molecular weight is 415 g/mol. The van der Waals surface area contributed by atoms with Crippen LogP contribution in [0, 0.1) is 0 Å². The van der Waals surface area contributed by atoms with Gasteiger partial charge in [0.2, 0.25) is 0 Å². The predicted molar refractivity (Wildman–Crippen MR) is 121 cm³/mol. The summed E-state index contributed by atoms with van der Waals surface area (Å²) in [5, 5.41) is 9.26. The predicted octanol–water partition coefficient (Wildman–Crippen LogP) is 5.16. The summed E-state index contributed by atoms with van der Waals surface area (Å²) in [6.45, 7) is 8.22. The smallest absolute Gasteiger partial charge is 0.335 e. The summed E-state index contributed by atoms with van der Waals surface area (Å²) in [6, 6.07) is 15.2. The second-order valence-electron chi connectivity index (χ2n) is 7.01. The first-order valence-corrected chi connectivity index (χ1v) is 11.0. The van der Waals surface area contributed by atoms with Gasteiger partial charge in [0.1, 0.15) is 5.78 Å². The number of nitrogens with zero attached hydrogens (tertiary/aromatic N) is 2. The molecule has 156 valence electrons. The number of carbonyl (C=O) groups excluding carboxylic acids is 1. The summed E-state index contributed by atoms with van der Waals surface area (Å²) in [7, 11) is 0. The van der Waals surface area contributed by atoms with E-state index < -0.39 is 5.97 Å². The fourth-order valence-electron chi connectivity index (χ4n) is 3.15. The van der Waals surface area contributed by atoms with Crippen molar-refractivity contribution < 1.29 is 14.7 Å². The van der Waals surface area contributed by atoms with E-state index in [1.807, 2.05) is 11.0 Å². The van der Waals surface area contributed by atoms with E-state index in [1.165, 1.54) is 5.69 Å². The van der Waals surface area contributed by atoms with Crippen LogP contribution in [0.5, 0.6) is 0 Å². The molecule has 2 aromatic rings. The zero-order chi connectivity index (χ0) is 21.2. The van der Waals surface area contributed by atoms with Crippen LogP contribution in [0.3, 0.4) is 0 Å². The number of hydrogen-bond acceptors (Lipinski definition) is 5. The van der Waals surface area contributed by atoms with Crippen molar-refractivity contribution in [3.63, 3.8) is 0 Å². The SMILES string of the molecule is CCCN(CCC)c1cccc(SCN(CC(C)=O)c2cccc(C(=O)O)c2)c1. The van der Waals surface area contributed by atoms with Crippen LogP contribution in [-0.4, -0.2) is 42.4 Å². The minimum Gasteiger partial charge on any atom is -0.478 e. The van der Waals surface area contributed by atoms with E-state index in [1.54, 1.807) is 36.9 Å². The van der Waals surface area contributed by atoms with Gasteiger partial charge in [-0.25, -0.2) is 4.79 Å². The topological polar surface area (TPSA) is 60.9 Å². The van der Waals surface area contributed by atoms with Gasteiger partial charge in [-0.15, -0.1) is 11.8 Å². The van der Waals surface area contributed by atoms with Crippen molar-refractivity contribution in [3.05, 3.63) is 54.1 Å². The molecule has 0 aliphatic carbocycles. The van der Waals surface area contributed by atoms with Gasteiger partial charge in [0.25, 0.3) is 0 Å². The Kier molecular flexibility index (Phi) is 9.06. The van der Waals surface area contributed by atoms with Gasteiger partial charge in [-0.1, -0.05) is 26.0 Å². The third-order valence-corrected chi connectivity index (χ3v) is 5.46. The zero-order valence-corrected chi connectivity index (χ0v) is 18.2. The highest BCUT2D eigenvalue weighted by molar-refractivity contribution is 7.99. The Morgan fingerprint density at radius 1 is 0.931 bits per heavy atom. The highest BCUT2D eigenvalue weighted by Gasteiger charge is 2.13. The van der Waals surface area contributed by atoms with Crippen molar-refractivity contribution in [2.24, 2.45) is 0 Å². The largest absolute Gasteiger partial charge is 0.478 e. The molecule has 0 bridgehead atoms.